The van der Waals surface area contributed by atoms with E-state index >= 15 is 0 Å². The number of hydrogen-bond donors (Lipinski definition) is 1. The number of rotatable bonds is 4. The summed E-state index contributed by atoms with van der Waals surface area (Å²) in [6.45, 7) is 1.78. The van der Waals surface area contributed by atoms with Gasteiger partial charge in [-0.1, -0.05) is 39.7 Å². The van der Waals surface area contributed by atoms with E-state index in [4.69, 9.17) is 11.6 Å². The van der Waals surface area contributed by atoms with Gasteiger partial charge in [0.05, 0.1) is 0 Å². The van der Waals surface area contributed by atoms with Gasteiger partial charge in [0.1, 0.15) is 4.66 Å². The van der Waals surface area contributed by atoms with Crippen molar-refractivity contribution in [1.29, 1.82) is 0 Å². The topological polar surface area (TPSA) is 46.2 Å². The fraction of sp³-hybridized carbons (Fsp3) is 0.333. The van der Waals surface area contributed by atoms with Crippen LogP contribution in [0.4, 0.5) is 0 Å². The van der Waals surface area contributed by atoms with Crippen LogP contribution in [-0.2, 0) is 10.0 Å². The maximum Gasteiger partial charge on any atom is 0.222 e. The van der Waals surface area contributed by atoms with Crippen molar-refractivity contribution < 1.29 is 8.42 Å². The first kappa shape index (κ1) is 13.0. The minimum atomic E-state index is -3.24. The van der Waals surface area contributed by atoms with Crippen molar-refractivity contribution in [1.82, 2.24) is 4.72 Å². The van der Waals surface area contributed by atoms with Gasteiger partial charge in [0.25, 0.3) is 0 Å². The van der Waals surface area contributed by atoms with Gasteiger partial charge in [-0.3, -0.25) is 0 Å². The summed E-state index contributed by atoms with van der Waals surface area (Å²) in [4.78, 5) is 0. The molecule has 0 saturated heterocycles. The lowest BCUT2D eigenvalue weighted by Crippen LogP contribution is -2.27. The molecule has 0 saturated carbocycles. The van der Waals surface area contributed by atoms with Gasteiger partial charge in [-0.25, -0.2) is 13.1 Å². The number of benzene rings is 1. The lowest BCUT2D eigenvalue weighted by atomic mass is 10.1. The smallest absolute Gasteiger partial charge is 0.212 e. The largest absolute Gasteiger partial charge is 0.222 e. The molecule has 84 valence electrons. The second kappa shape index (κ2) is 5.30. The summed E-state index contributed by atoms with van der Waals surface area (Å²) in [5.41, 5.74) is 0.879. The molecule has 0 heterocycles. The van der Waals surface area contributed by atoms with Crippen molar-refractivity contribution in [3.63, 3.8) is 0 Å². The summed E-state index contributed by atoms with van der Waals surface area (Å²) in [6.07, 6.45) is 0. The van der Waals surface area contributed by atoms with E-state index < -0.39 is 10.0 Å². The van der Waals surface area contributed by atoms with Crippen LogP contribution in [-0.4, -0.2) is 13.1 Å². The van der Waals surface area contributed by atoms with Crippen LogP contribution in [0.25, 0.3) is 0 Å². The quantitative estimate of drug-likeness (QED) is 0.869. The molecule has 1 aromatic carbocycles. The Kier molecular flexibility index (Phi) is 4.58. The van der Waals surface area contributed by atoms with Crippen LogP contribution < -0.4 is 4.72 Å². The third-order valence-electron chi connectivity index (χ3n) is 1.87. The molecular weight excluding hydrogens is 302 g/mol. The lowest BCUT2D eigenvalue weighted by Gasteiger charge is -2.13. The molecule has 0 spiro atoms. The van der Waals surface area contributed by atoms with Gasteiger partial charge in [-0.15, -0.1) is 0 Å². The van der Waals surface area contributed by atoms with Crippen LogP contribution in [0.5, 0.6) is 0 Å². The molecule has 0 bridgehead atoms. The van der Waals surface area contributed by atoms with Crippen molar-refractivity contribution in [2.24, 2.45) is 0 Å². The molecule has 0 aromatic heterocycles. The molecule has 0 aliphatic rings. The maximum atomic E-state index is 11.3. The normalized spacial score (nSPS) is 13.8. The highest BCUT2D eigenvalue weighted by Crippen LogP contribution is 2.16. The molecule has 1 atom stereocenters. The van der Waals surface area contributed by atoms with Crippen molar-refractivity contribution in [3.8, 4) is 0 Å². The monoisotopic (exact) mass is 311 g/mol. The standard InChI is InChI=1S/C9H11BrClNO2S/c1-7(12-15(13,14)6-10)8-2-4-9(11)5-3-8/h2-5,7,12H,6H2,1H3/t7-/m1/s1. The van der Waals surface area contributed by atoms with E-state index in [1.807, 2.05) is 0 Å². The Morgan fingerprint density at radius 3 is 2.40 bits per heavy atom. The predicted octanol–water partition coefficient (Wildman–Crippen LogP) is 2.67. The summed E-state index contributed by atoms with van der Waals surface area (Å²) in [7, 11) is -3.24. The van der Waals surface area contributed by atoms with Crippen LogP contribution in [0.3, 0.4) is 0 Å². The minimum Gasteiger partial charge on any atom is -0.212 e. The predicted molar refractivity (Wildman–Crippen MR) is 65.7 cm³/mol. The SMILES string of the molecule is C[C@@H](NS(=O)(=O)CBr)c1ccc(Cl)cc1. The highest BCUT2D eigenvalue weighted by atomic mass is 79.9. The Bertz CT molecular complexity index is 418. The maximum absolute atomic E-state index is 11.3. The highest BCUT2D eigenvalue weighted by molar-refractivity contribution is 9.10. The third kappa shape index (κ3) is 4.10. The molecule has 0 unspecified atom stereocenters. The third-order valence-corrected chi connectivity index (χ3v) is 4.93. The molecule has 15 heavy (non-hydrogen) atoms. The number of sulfonamides is 1. The van der Waals surface area contributed by atoms with Crippen LogP contribution in [0.15, 0.2) is 24.3 Å². The van der Waals surface area contributed by atoms with Gasteiger partial charge in [-0.05, 0) is 24.6 Å². The zero-order valence-corrected chi connectivity index (χ0v) is 11.2. The number of nitrogens with one attached hydrogen (secondary N) is 1. The first-order valence-corrected chi connectivity index (χ1v) is 7.41. The Morgan fingerprint density at radius 2 is 1.93 bits per heavy atom. The van der Waals surface area contributed by atoms with E-state index in [0.717, 1.165) is 5.56 Å². The van der Waals surface area contributed by atoms with Gasteiger partial charge >= 0.3 is 0 Å². The van der Waals surface area contributed by atoms with Crippen molar-refractivity contribution in [2.45, 2.75) is 13.0 Å². The zero-order chi connectivity index (χ0) is 11.5. The molecule has 0 aliphatic carbocycles. The molecule has 3 nitrogen and oxygen atoms in total. The van der Waals surface area contributed by atoms with E-state index in [2.05, 4.69) is 20.7 Å². The first-order chi connectivity index (χ1) is 6.94. The molecule has 1 aromatic rings. The summed E-state index contributed by atoms with van der Waals surface area (Å²) in [5, 5.41) is 0.634. The molecule has 1 N–H and O–H groups in total. The molecule has 1 rings (SSSR count). The second-order valence-electron chi connectivity index (χ2n) is 3.11. The van der Waals surface area contributed by atoms with Crippen LogP contribution in [0.1, 0.15) is 18.5 Å². The van der Waals surface area contributed by atoms with Gasteiger partial charge in [0.2, 0.25) is 10.0 Å². The molecule has 0 aliphatic heterocycles. The Labute approximate surface area is 103 Å². The number of alkyl halides is 1. The van der Waals surface area contributed by atoms with Crippen LogP contribution in [0, 0.1) is 0 Å². The first-order valence-electron chi connectivity index (χ1n) is 4.26. The average Bonchev–Trinajstić information content (AvgIpc) is 2.18. The molecule has 0 radical (unpaired) electrons. The Morgan fingerprint density at radius 1 is 1.40 bits per heavy atom. The fourth-order valence-electron chi connectivity index (χ4n) is 1.12. The zero-order valence-electron chi connectivity index (χ0n) is 8.07. The van der Waals surface area contributed by atoms with Crippen molar-refractivity contribution >= 4 is 37.6 Å². The Balaban J connectivity index is 2.78. The van der Waals surface area contributed by atoms with Gasteiger partial charge in [-0.2, -0.15) is 0 Å². The lowest BCUT2D eigenvalue weighted by molar-refractivity contribution is 0.572. The van der Waals surface area contributed by atoms with Gasteiger partial charge in [0, 0.05) is 11.1 Å². The number of hydrogen-bond acceptors (Lipinski definition) is 2. The summed E-state index contributed by atoms with van der Waals surface area (Å²) in [6, 6.07) is 6.80. The number of halogens is 2. The van der Waals surface area contributed by atoms with E-state index in [0.29, 0.717) is 5.02 Å². The average molecular weight is 313 g/mol. The summed E-state index contributed by atoms with van der Waals surface area (Å²) >= 11 is 8.64. The van der Waals surface area contributed by atoms with E-state index in [9.17, 15) is 8.42 Å². The van der Waals surface area contributed by atoms with Crippen molar-refractivity contribution in [3.05, 3.63) is 34.9 Å². The summed E-state index contributed by atoms with van der Waals surface area (Å²) < 4.78 is 25.0. The second-order valence-corrected chi connectivity index (χ2v) is 6.61. The molecule has 0 fully saturated rings. The van der Waals surface area contributed by atoms with E-state index in [1.54, 1.807) is 31.2 Å². The summed E-state index contributed by atoms with van der Waals surface area (Å²) in [5.74, 6) is 0. The van der Waals surface area contributed by atoms with Gasteiger partial charge < -0.3 is 0 Å². The molecule has 0 amide bonds. The fourth-order valence-corrected chi connectivity index (χ4v) is 2.38. The molecule has 6 heteroatoms. The van der Waals surface area contributed by atoms with Crippen LogP contribution >= 0.6 is 27.5 Å². The van der Waals surface area contributed by atoms with E-state index in [-0.39, 0.29) is 10.7 Å². The molecular formula is C9H11BrClNO2S. The van der Waals surface area contributed by atoms with Gasteiger partial charge in [0.15, 0.2) is 0 Å². The van der Waals surface area contributed by atoms with Crippen molar-refractivity contribution in [2.75, 3.05) is 4.66 Å². The van der Waals surface area contributed by atoms with Crippen LogP contribution in [0.2, 0.25) is 5.02 Å². The Hall–Kier alpha value is -0.100. The van der Waals surface area contributed by atoms with E-state index in [1.165, 1.54) is 0 Å². The highest BCUT2D eigenvalue weighted by Gasteiger charge is 2.13. The minimum absolute atomic E-state index is 0.0993.